The SMILES string of the molecule is O=c1[nH]c(CN2CCc3ccccc32)nc2cc(C(F)(F)F)ccc12. The van der Waals surface area contributed by atoms with E-state index in [0.717, 1.165) is 30.8 Å². The summed E-state index contributed by atoms with van der Waals surface area (Å²) in [7, 11) is 0. The Morgan fingerprint density at radius 2 is 1.96 bits per heavy atom. The van der Waals surface area contributed by atoms with E-state index in [0.29, 0.717) is 12.4 Å². The second-order valence-electron chi connectivity index (χ2n) is 6.04. The molecule has 4 nitrogen and oxygen atoms in total. The quantitative estimate of drug-likeness (QED) is 0.773. The molecule has 0 aliphatic carbocycles. The smallest absolute Gasteiger partial charge is 0.364 e. The van der Waals surface area contributed by atoms with Gasteiger partial charge in [0.05, 0.1) is 23.0 Å². The molecule has 1 aromatic heterocycles. The summed E-state index contributed by atoms with van der Waals surface area (Å²) in [4.78, 5) is 21.2. The number of nitrogens with one attached hydrogen (secondary N) is 1. The standard InChI is InChI=1S/C18H14F3N3O/c19-18(20,21)12-5-6-13-14(9-12)22-16(23-17(13)25)10-24-8-7-11-3-1-2-4-15(11)24/h1-6,9H,7-8,10H2,(H,22,23,25). The zero-order valence-corrected chi connectivity index (χ0v) is 13.1. The van der Waals surface area contributed by atoms with E-state index in [9.17, 15) is 18.0 Å². The molecule has 0 saturated heterocycles. The highest BCUT2D eigenvalue weighted by Gasteiger charge is 2.30. The van der Waals surface area contributed by atoms with Gasteiger partial charge in [-0.3, -0.25) is 4.79 Å². The average molecular weight is 345 g/mol. The molecule has 4 rings (SSSR count). The molecule has 0 bridgehead atoms. The van der Waals surface area contributed by atoms with Crippen molar-refractivity contribution in [1.82, 2.24) is 9.97 Å². The van der Waals surface area contributed by atoms with Crippen LogP contribution in [0.1, 0.15) is 17.0 Å². The topological polar surface area (TPSA) is 49.0 Å². The Morgan fingerprint density at radius 1 is 1.16 bits per heavy atom. The van der Waals surface area contributed by atoms with E-state index < -0.39 is 17.3 Å². The molecule has 0 spiro atoms. The zero-order chi connectivity index (χ0) is 17.6. The van der Waals surface area contributed by atoms with Gasteiger partial charge < -0.3 is 9.88 Å². The number of hydrogen-bond donors (Lipinski definition) is 1. The first-order valence-corrected chi connectivity index (χ1v) is 7.85. The van der Waals surface area contributed by atoms with Crippen LogP contribution in [0.5, 0.6) is 0 Å². The first-order chi connectivity index (χ1) is 11.9. The van der Waals surface area contributed by atoms with Crippen LogP contribution in [0.4, 0.5) is 18.9 Å². The van der Waals surface area contributed by atoms with E-state index in [4.69, 9.17) is 0 Å². The van der Waals surface area contributed by atoms with Gasteiger partial charge in [-0.2, -0.15) is 13.2 Å². The Kier molecular flexibility index (Phi) is 3.52. The van der Waals surface area contributed by atoms with Crippen LogP contribution in [0.3, 0.4) is 0 Å². The number of aromatic nitrogens is 2. The highest BCUT2D eigenvalue weighted by atomic mass is 19.4. The maximum absolute atomic E-state index is 12.9. The molecule has 1 N–H and O–H groups in total. The molecule has 2 aromatic carbocycles. The number of anilines is 1. The van der Waals surface area contributed by atoms with E-state index in [1.807, 2.05) is 24.3 Å². The third-order valence-corrected chi connectivity index (χ3v) is 4.41. The largest absolute Gasteiger partial charge is 0.416 e. The van der Waals surface area contributed by atoms with Gasteiger partial charge in [0, 0.05) is 12.2 Å². The van der Waals surface area contributed by atoms with Crippen molar-refractivity contribution in [2.45, 2.75) is 19.1 Å². The minimum absolute atomic E-state index is 0.0565. The van der Waals surface area contributed by atoms with Crippen molar-refractivity contribution in [2.75, 3.05) is 11.4 Å². The fraction of sp³-hybridized carbons (Fsp3) is 0.222. The van der Waals surface area contributed by atoms with E-state index in [2.05, 4.69) is 14.9 Å². The zero-order valence-electron chi connectivity index (χ0n) is 13.1. The van der Waals surface area contributed by atoms with E-state index in [-0.39, 0.29) is 10.9 Å². The predicted octanol–water partition coefficient (Wildman–Crippen LogP) is 3.50. The van der Waals surface area contributed by atoms with E-state index in [1.165, 1.54) is 11.6 Å². The second-order valence-corrected chi connectivity index (χ2v) is 6.04. The number of benzene rings is 2. The van der Waals surface area contributed by atoms with Gasteiger partial charge in [0.15, 0.2) is 0 Å². The van der Waals surface area contributed by atoms with Gasteiger partial charge in [-0.25, -0.2) is 4.98 Å². The van der Waals surface area contributed by atoms with Crippen molar-refractivity contribution in [1.29, 1.82) is 0 Å². The summed E-state index contributed by atoms with van der Waals surface area (Å²) in [6.45, 7) is 1.13. The van der Waals surface area contributed by atoms with Crippen LogP contribution in [0.25, 0.3) is 10.9 Å². The summed E-state index contributed by atoms with van der Waals surface area (Å²) in [6, 6.07) is 10.9. The molecule has 2 heterocycles. The van der Waals surface area contributed by atoms with Crippen molar-refractivity contribution in [3.8, 4) is 0 Å². The van der Waals surface area contributed by atoms with Crippen LogP contribution in [0, 0.1) is 0 Å². The molecule has 25 heavy (non-hydrogen) atoms. The molecule has 0 saturated carbocycles. The van der Waals surface area contributed by atoms with Gasteiger partial charge >= 0.3 is 6.18 Å². The number of rotatable bonds is 2. The highest BCUT2D eigenvalue weighted by molar-refractivity contribution is 5.78. The second kappa shape index (κ2) is 5.61. The van der Waals surface area contributed by atoms with Crippen LogP contribution in [0.15, 0.2) is 47.3 Å². The highest BCUT2D eigenvalue weighted by Crippen LogP contribution is 2.31. The first-order valence-electron chi connectivity index (χ1n) is 7.85. The monoisotopic (exact) mass is 345 g/mol. The van der Waals surface area contributed by atoms with Gasteiger partial charge in [-0.15, -0.1) is 0 Å². The lowest BCUT2D eigenvalue weighted by atomic mass is 10.1. The van der Waals surface area contributed by atoms with Crippen LogP contribution in [-0.2, 0) is 19.1 Å². The van der Waals surface area contributed by atoms with Crippen LogP contribution in [-0.4, -0.2) is 16.5 Å². The minimum Gasteiger partial charge on any atom is -0.364 e. The molecule has 0 fully saturated rings. The van der Waals surface area contributed by atoms with Crippen molar-refractivity contribution < 1.29 is 13.2 Å². The molecular weight excluding hydrogens is 331 g/mol. The van der Waals surface area contributed by atoms with Gasteiger partial charge in [-0.05, 0) is 36.2 Å². The Labute approximate surface area is 140 Å². The first kappa shape index (κ1) is 15.7. The van der Waals surface area contributed by atoms with Gasteiger partial charge in [-0.1, -0.05) is 18.2 Å². The Hall–Kier alpha value is -2.83. The molecule has 0 radical (unpaired) electrons. The molecule has 0 amide bonds. The number of hydrogen-bond acceptors (Lipinski definition) is 3. The number of halogens is 3. The number of fused-ring (bicyclic) bond motifs is 2. The number of alkyl halides is 3. The molecule has 0 atom stereocenters. The summed E-state index contributed by atoms with van der Waals surface area (Å²) < 4.78 is 38.7. The molecule has 3 aromatic rings. The molecular formula is C18H14F3N3O. The third-order valence-electron chi connectivity index (χ3n) is 4.41. The van der Waals surface area contributed by atoms with Crippen LogP contribution in [0.2, 0.25) is 0 Å². The molecule has 0 unspecified atom stereocenters. The van der Waals surface area contributed by atoms with Crippen molar-refractivity contribution in [3.63, 3.8) is 0 Å². The fourth-order valence-electron chi connectivity index (χ4n) is 3.19. The fourth-order valence-corrected chi connectivity index (χ4v) is 3.19. The summed E-state index contributed by atoms with van der Waals surface area (Å²) in [5.41, 5.74) is 1.09. The third kappa shape index (κ3) is 2.86. The van der Waals surface area contributed by atoms with E-state index in [1.54, 1.807) is 0 Å². The van der Waals surface area contributed by atoms with Crippen molar-refractivity contribution in [2.24, 2.45) is 0 Å². The Morgan fingerprint density at radius 3 is 2.76 bits per heavy atom. The Balaban J connectivity index is 1.72. The van der Waals surface area contributed by atoms with Gasteiger partial charge in [0.1, 0.15) is 5.82 Å². The lowest BCUT2D eigenvalue weighted by Gasteiger charge is -2.18. The van der Waals surface area contributed by atoms with Gasteiger partial charge in [0.25, 0.3) is 5.56 Å². The van der Waals surface area contributed by atoms with Crippen LogP contribution < -0.4 is 10.5 Å². The molecule has 1 aliphatic heterocycles. The number of aromatic amines is 1. The maximum atomic E-state index is 12.9. The van der Waals surface area contributed by atoms with Crippen LogP contribution >= 0.6 is 0 Å². The maximum Gasteiger partial charge on any atom is 0.416 e. The molecule has 128 valence electrons. The normalized spacial score (nSPS) is 14.1. The molecule has 1 aliphatic rings. The number of nitrogens with zero attached hydrogens (tertiary/aromatic N) is 2. The summed E-state index contributed by atoms with van der Waals surface area (Å²) in [5, 5.41) is 0.151. The predicted molar refractivity (Wildman–Crippen MR) is 88.6 cm³/mol. The summed E-state index contributed by atoms with van der Waals surface area (Å²) in [5.74, 6) is 0.355. The number of H-pyrrole nitrogens is 1. The van der Waals surface area contributed by atoms with Crippen molar-refractivity contribution >= 4 is 16.6 Å². The van der Waals surface area contributed by atoms with E-state index >= 15 is 0 Å². The number of para-hydroxylation sites is 1. The van der Waals surface area contributed by atoms with Crippen molar-refractivity contribution in [3.05, 3.63) is 69.8 Å². The Bertz CT molecular complexity index is 1010. The minimum atomic E-state index is -4.47. The lowest BCUT2D eigenvalue weighted by molar-refractivity contribution is -0.137. The average Bonchev–Trinajstić information content (AvgIpc) is 2.97. The summed E-state index contributed by atoms with van der Waals surface area (Å²) in [6.07, 6.45) is -3.57. The molecule has 7 heteroatoms. The van der Waals surface area contributed by atoms with Gasteiger partial charge in [0.2, 0.25) is 0 Å². The summed E-state index contributed by atoms with van der Waals surface area (Å²) >= 11 is 0. The lowest BCUT2D eigenvalue weighted by Crippen LogP contribution is -2.23.